The van der Waals surface area contributed by atoms with Gasteiger partial charge in [0, 0.05) is 11.8 Å². The average Bonchev–Trinajstić information content (AvgIpc) is 2.27. The van der Waals surface area contributed by atoms with Crippen molar-refractivity contribution in [1.29, 1.82) is 0 Å². The lowest BCUT2D eigenvalue weighted by atomic mass is 10.0. The van der Waals surface area contributed by atoms with E-state index in [0.717, 1.165) is 12.7 Å². The minimum absolute atomic E-state index is 0.169. The monoisotopic (exact) mass is 300 g/mol. The number of hydrogen-bond acceptors (Lipinski definition) is 3. The van der Waals surface area contributed by atoms with E-state index in [1.807, 2.05) is 19.1 Å². The molecule has 0 unspecified atom stereocenters. The van der Waals surface area contributed by atoms with Crippen LogP contribution in [0.1, 0.15) is 34.8 Å². The Hall–Kier alpha value is -1.13. The van der Waals surface area contributed by atoms with Crippen LogP contribution in [0.5, 0.6) is 0 Å². The van der Waals surface area contributed by atoms with Gasteiger partial charge < -0.3 is 0 Å². The summed E-state index contributed by atoms with van der Waals surface area (Å²) in [4.78, 5) is 11.4. The van der Waals surface area contributed by atoms with Crippen LogP contribution in [0.3, 0.4) is 0 Å². The lowest BCUT2D eigenvalue weighted by Gasteiger charge is -2.10. The van der Waals surface area contributed by atoms with Crippen LogP contribution < -0.4 is 0 Å². The largest absolute Gasteiger partial charge is 0.276 e. The van der Waals surface area contributed by atoms with Crippen molar-refractivity contribution >= 4 is 26.7 Å². The maximum absolute atomic E-state index is 11.8. The van der Waals surface area contributed by atoms with Crippen LogP contribution in [0.25, 0.3) is 0 Å². The highest BCUT2D eigenvalue weighted by Crippen LogP contribution is 2.23. The van der Waals surface area contributed by atoms with E-state index in [-0.39, 0.29) is 10.5 Å². The molecule has 0 atom stereocenters. The van der Waals surface area contributed by atoms with E-state index >= 15 is 0 Å². The van der Waals surface area contributed by atoms with Crippen LogP contribution in [-0.2, 0) is 16.3 Å². The Balaban J connectivity index is 3.41. The molecule has 104 valence electrons. The van der Waals surface area contributed by atoms with Gasteiger partial charge in [-0.15, -0.1) is 0 Å². The third-order valence-electron chi connectivity index (χ3n) is 2.76. The molecule has 0 radical (unpaired) electrons. The molecule has 0 aromatic heterocycles. The van der Waals surface area contributed by atoms with Gasteiger partial charge in [0.25, 0.3) is 5.24 Å². The van der Waals surface area contributed by atoms with Gasteiger partial charge in [0.2, 0.25) is 0 Å². The number of carbonyl (C=O) groups excluding carboxylic acids is 1. The molecule has 19 heavy (non-hydrogen) atoms. The molecular formula is C14H17ClO3S. The minimum atomic E-state index is -3.39. The summed E-state index contributed by atoms with van der Waals surface area (Å²) in [6.07, 6.45) is 6.44. The minimum Gasteiger partial charge on any atom is -0.276 e. The summed E-state index contributed by atoms with van der Waals surface area (Å²) in [5, 5.41) is -0.641. The molecule has 0 aliphatic carbocycles. The number of sulfone groups is 1. The Labute approximate surface area is 119 Å². The maximum Gasteiger partial charge on any atom is 0.252 e. The lowest BCUT2D eigenvalue weighted by molar-refractivity contribution is 0.108. The molecule has 0 heterocycles. The fourth-order valence-electron chi connectivity index (χ4n) is 1.84. The fraction of sp³-hybridized carbons (Fsp3) is 0.357. The van der Waals surface area contributed by atoms with Gasteiger partial charge in [0.05, 0.1) is 4.90 Å². The van der Waals surface area contributed by atoms with Gasteiger partial charge in [-0.2, -0.15) is 0 Å². The van der Waals surface area contributed by atoms with Gasteiger partial charge in [-0.25, -0.2) is 8.42 Å². The molecule has 0 fully saturated rings. The fourth-order valence-corrected chi connectivity index (χ4v) is 3.00. The summed E-state index contributed by atoms with van der Waals surface area (Å²) < 4.78 is 23.6. The van der Waals surface area contributed by atoms with Crippen LogP contribution in [0, 0.1) is 6.92 Å². The molecule has 0 bridgehead atoms. The zero-order valence-electron chi connectivity index (χ0n) is 11.2. The first-order valence-electron chi connectivity index (χ1n) is 5.95. The molecule has 5 heteroatoms. The van der Waals surface area contributed by atoms with Gasteiger partial charge in [-0.3, -0.25) is 4.79 Å². The van der Waals surface area contributed by atoms with Crippen molar-refractivity contribution in [2.45, 2.75) is 31.6 Å². The van der Waals surface area contributed by atoms with E-state index in [9.17, 15) is 13.2 Å². The molecule has 1 rings (SSSR count). The maximum atomic E-state index is 11.8. The first kappa shape index (κ1) is 15.9. The van der Waals surface area contributed by atoms with Gasteiger partial charge in [-0.05, 0) is 48.6 Å². The summed E-state index contributed by atoms with van der Waals surface area (Å²) in [6.45, 7) is 3.75. The standard InChI is InChI=1S/C14H17ClO3S/c1-4-5-6-7-11-8-10(2)12(14(15)16)9-13(11)19(3,17)18/h5-6,8-9H,4,7H2,1-3H3. The van der Waals surface area contributed by atoms with E-state index in [1.165, 1.54) is 6.07 Å². The SMILES string of the molecule is CCC=CCc1cc(C)c(C(=O)Cl)cc1S(C)(=O)=O. The van der Waals surface area contributed by atoms with Crippen LogP contribution >= 0.6 is 11.6 Å². The highest BCUT2D eigenvalue weighted by atomic mass is 35.5. The van der Waals surface area contributed by atoms with Crippen LogP contribution in [-0.4, -0.2) is 19.9 Å². The third-order valence-corrected chi connectivity index (χ3v) is 4.14. The molecule has 0 aliphatic rings. The predicted octanol–water partition coefficient (Wildman–Crippen LogP) is 3.29. The molecular weight excluding hydrogens is 284 g/mol. The van der Waals surface area contributed by atoms with Gasteiger partial charge in [0.15, 0.2) is 9.84 Å². The van der Waals surface area contributed by atoms with E-state index in [4.69, 9.17) is 11.6 Å². The lowest BCUT2D eigenvalue weighted by Crippen LogP contribution is -2.06. The Morgan fingerprint density at radius 1 is 1.32 bits per heavy atom. The third kappa shape index (κ3) is 4.18. The Bertz CT molecular complexity index is 616. The smallest absolute Gasteiger partial charge is 0.252 e. The Kier molecular flexibility index (Phi) is 5.32. The number of halogens is 1. The second-order valence-electron chi connectivity index (χ2n) is 4.40. The summed E-state index contributed by atoms with van der Waals surface area (Å²) in [6, 6.07) is 3.08. The average molecular weight is 301 g/mol. The molecule has 0 aliphatic heterocycles. The molecule has 0 saturated heterocycles. The number of benzene rings is 1. The van der Waals surface area contributed by atoms with E-state index in [0.29, 0.717) is 17.5 Å². The van der Waals surface area contributed by atoms with Crippen molar-refractivity contribution in [3.05, 3.63) is 41.0 Å². The summed E-state index contributed by atoms with van der Waals surface area (Å²) in [5.41, 5.74) is 1.61. The van der Waals surface area contributed by atoms with Crippen LogP contribution in [0.15, 0.2) is 29.2 Å². The number of carbonyl (C=O) groups is 1. The molecule has 0 amide bonds. The van der Waals surface area contributed by atoms with E-state index in [1.54, 1.807) is 13.0 Å². The Morgan fingerprint density at radius 2 is 1.95 bits per heavy atom. The normalized spacial score (nSPS) is 12.0. The molecule has 1 aromatic rings. The quantitative estimate of drug-likeness (QED) is 0.619. The number of allylic oxidation sites excluding steroid dienone is 2. The van der Waals surface area contributed by atoms with Crippen molar-refractivity contribution in [3.63, 3.8) is 0 Å². The molecule has 1 aromatic carbocycles. The second-order valence-corrected chi connectivity index (χ2v) is 6.73. The van der Waals surface area contributed by atoms with Crippen LogP contribution in [0.2, 0.25) is 0 Å². The van der Waals surface area contributed by atoms with E-state index in [2.05, 4.69) is 0 Å². The first-order chi connectivity index (χ1) is 8.77. The Morgan fingerprint density at radius 3 is 2.42 bits per heavy atom. The zero-order valence-corrected chi connectivity index (χ0v) is 12.8. The number of hydrogen-bond donors (Lipinski definition) is 0. The van der Waals surface area contributed by atoms with Gasteiger partial charge in [0.1, 0.15) is 0 Å². The first-order valence-corrected chi connectivity index (χ1v) is 8.22. The topological polar surface area (TPSA) is 51.2 Å². The van der Waals surface area contributed by atoms with Gasteiger partial charge >= 0.3 is 0 Å². The number of aryl methyl sites for hydroxylation is 1. The molecule has 0 N–H and O–H groups in total. The number of rotatable bonds is 5. The molecule has 0 spiro atoms. The van der Waals surface area contributed by atoms with Crippen molar-refractivity contribution in [2.75, 3.05) is 6.26 Å². The van der Waals surface area contributed by atoms with Crippen molar-refractivity contribution < 1.29 is 13.2 Å². The highest BCUT2D eigenvalue weighted by molar-refractivity contribution is 7.90. The van der Waals surface area contributed by atoms with Crippen LogP contribution in [0.4, 0.5) is 0 Å². The highest BCUT2D eigenvalue weighted by Gasteiger charge is 2.17. The summed E-state index contributed by atoms with van der Waals surface area (Å²) >= 11 is 5.46. The predicted molar refractivity (Wildman–Crippen MR) is 77.6 cm³/mol. The summed E-state index contributed by atoms with van der Waals surface area (Å²) in [7, 11) is -3.39. The van der Waals surface area contributed by atoms with E-state index < -0.39 is 15.1 Å². The zero-order chi connectivity index (χ0) is 14.6. The molecule has 0 saturated carbocycles. The van der Waals surface area contributed by atoms with Crippen molar-refractivity contribution in [2.24, 2.45) is 0 Å². The van der Waals surface area contributed by atoms with Crippen molar-refractivity contribution in [3.8, 4) is 0 Å². The second kappa shape index (κ2) is 6.35. The van der Waals surface area contributed by atoms with Gasteiger partial charge in [-0.1, -0.05) is 25.1 Å². The summed E-state index contributed by atoms with van der Waals surface area (Å²) in [5.74, 6) is 0. The van der Waals surface area contributed by atoms with Crippen molar-refractivity contribution in [1.82, 2.24) is 0 Å². The molecule has 3 nitrogen and oxygen atoms in total.